The minimum Gasteiger partial charge on any atom is -0.372 e. The lowest BCUT2D eigenvalue weighted by molar-refractivity contribution is -0.705. The molecule has 1 fully saturated rings. The molecule has 1 aliphatic heterocycles. The molecular weight excluding hydrogens is 310 g/mol. The molecule has 1 saturated heterocycles. The van der Waals surface area contributed by atoms with E-state index in [9.17, 15) is 4.79 Å². The van der Waals surface area contributed by atoms with Crippen LogP contribution in [0.4, 0.5) is 11.4 Å². The molecule has 0 radical (unpaired) electrons. The van der Waals surface area contributed by atoms with Gasteiger partial charge in [-0.15, -0.1) is 0 Å². The van der Waals surface area contributed by atoms with Crippen LogP contribution in [0.15, 0.2) is 48.8 Å². The molecule has 0 bridgehead atoms. The van der Waals surface area contributed by atoms with Gasteiger partial charge < -0.3 is 10.2 Å². The molecule has 1 N–H and O–H groups in total. The predicted molar refractivity (Wildman–Crippen MR) is 102 cm³/mol. The molecule has 25 heavy (non-hydrogen) atoms. The fraction of sp³-hybridized carbons (Fsp3) is 0.429. The molecule has 2 aromatic rings. The number of benzene rings is 1. The lowest BCUT2D eigenvalue weighted by atomic mass is 10.1. The Bertz CT molecular complexity index is 688. The van der Waals surface area contributed by atoms with Gasteiger partial charge >= 0.3 is 0 Å². The van der Waals surface area contributed by atoms with E-state index in [0.29, 0.717) is 0 Å². The third kappa shape index (κ3) is 4.38. The molecule has 1 atom stereocenters. The van der Waals surface area contributed by atoms with Crippen LogP contribution in [0.5, 0.6) is 0 Å². The lowest BCUT2D eigenvalue weighted by Gasteiger charge is -2.28. The highest BCUT2D eigenvalue weighted by molar-refractivity contribution is 5.92. The van der Waals surface area contributed by atoms with Crippen LogP contribution in [-0.2, 0) is 11.2 Å². The molecule has 2 heterocycles. The van der Waals surface area contributed by atoms with Crippen molar-refractivity contribution >= 4 is 17.3 Å². The average molecular weight is 338 g/mol. The van der Waals surface area contributed by atoms with Gasteiger partial charge in [0.1, 0.15) is 0 Å². The van der Waals surface area contributed by atoms with Gasteiger partial charge in [-0.2, -0.15) is 4.57 Å². The number of pyridine rings is 1. The summed E-state index contributed by atoms with van der Waals surface area (Å²) in [5.74, 6) is -0.0000269. The van der Waals surface area contributed by atoms with Gasteiger partial charge in [-0.25, -0.2) is 0 Å². The van der Waals surface area contributed by atoms with Gasteiger partial charge in [0.25, 0.3) is 5.91 Å². The number of carbonyl (C=O) groups is 1. The lowest BCUT2D eigenvalue weighted by Crippen LogP contribution is -2.44. The summed E-state index contributed by atoms with van der Waals surface area (Å²) in [6.07, 6.45) is 8.82. The molecule has 0 spiro atoms. The molecule has 132 valence electrons. The molecule has 1 aromatic heterocycles. The summed E-state index contributed by atoms with van der Waals surface area (Å²) in [6.45, 7) is 6.31. The summed E-state index contributed by atoms with van der Waals surface area (Å²) in [5.41, 5.74) is 3.37. The molecule has 0 aliphatic carbocycles. The number of aryl methyl sites for hydroxylation is 1. The molecule has 0 unspecified atom stereocenters. The van der Waals surface area contributed by atoms with E-state index in [1.54, 1.807) is 0 Å². The monoisotopic (exact) mass is 338 g/mol. The number of nitrogens with one attached hydrogen (secondary N) is 1. The van der Waals surface area contributed by atoms with Gasteiger partial charge in [-0.1, -0.05) is 6.92 Å². The van der Waals surface area contributed by atoms with Gasteiger partial charge in [0.2, 0.25) is 6.04 Å². The summed E-state index contributed by atoms with van der Waals surface area (Å²) >= 11 is 0. The van der Waals surface area contributed by atoms with Crippen LogP contribution in [0.1, 0.15) is 44.7 Å². The van der Waals surface area contributed by atoms with E-state index < -0.39 is 0 Å². The van der Waals surface area contributed by atoms with Crippen molar-refractivity contribution in [2.75, 3.05) is 23.3 Å². The summed E-state index contributed by atoms with van der Waals surface area (Å²) in [5, 5.41) is 3.02. The first-order valence-electron chi connectivity index (χ1n) is 9.33. The zero-order valence-corrected chi connectivity index (χ0v) is 15.2. The Labute approximate surface area is 150 Å². The number of hydrogen-bond acceptors (Lipinski definition) is 2. The summed E-state index contributed by atoms with van der Waals surface area (Å²) in [7, 11) is 0. The largest absolute Gasteiger partial charge is 0.372 e. The minimum atomic E-state index is -0.243. The minimum absolute atomic E-state index is 0.0000269. The van der Waals surface area contributed by atoms with E-state index in [1.165, 1.54) is 30.5 Å². The Balaban J connectivity index is 1.61. The number of nitrogens with zero attached hydrogens (tertiary/aromatic N) is 2. The van der Waals surface area contributed by atoms with Crippen molar-refractivity contribution in [3.05, 3.63) is 54.4 Å². The zero-order chi connectivity index (χ0) is 17.6. The number of piperidine rings is 1. The maximum Gasteiger partial charge on any atom is 0.293 e. The molecular formula is C21H28N3O+. The molecule has 4 nitrogen and oxygen atoms in total. The number of hydrogen-bond donors (Lipinski definition) is 1. The maximum atomic E-state index is 12.5. The van der Waals surface area contributed by atoms with Crippen molar-refractivity contribution in [3.63, 3.8) is 0 Å². The number of anilines is 2. The van der Waals surface area contributed by atoms with Crippen LogP contribution >= 0.6 is 0 Å². The van der Waals surface area contributed by atoms with Crippen molar-refractivity contribution in [3.8, 4) is 0 Å². The van der Waals surface area contributed by atoms with Crippen LogP contribution in [0.3, 0.4) is 0 Å². The quantitative estimate of drug-likeness (QED) is 0.844. The van der Waals surface area contributed by atoms with Gasteiger partial charge in [0.15, 0.2) is 12.4 Å². The molecule has 1 aromatic carbocycles. The van der Waals surface area contributed by atoms with Crippen molar-refractivity contribution < 1.29 is 9.36 Å². The van der Waals surface area contributed by atoms with E-state index in [4.69, 9.17) is 0 Å². The fourth-order valence-corrected chi connectivity index (χ4v) is 3.25. The van der Waals surface area contributed by atoms with Crippen molar-refractivity contribution in [1.29, 1.82) is 0 Å². The van der Waals surface area contributed by atoms with Crippen molar-refractivity contribution in [2.24, 2.45) is 0 Å². The summed E-state index contributed by atoms with van der Waals surface area (Å²) < 4.78 is 1.94. The highest BCUT2D eigenvalue weighted by Crippen LogP contribution is 2.22. The number of amides is 1. The smallest absolute Gasteiger partial charge is 0.293 e. The Morgan fingerprint density at radius 2 is 1.72 bits per heavy atom. The van der Waals surface area contributed by atoms with Crippen molar-refractivity contribution in [2.45, 2.75) is 45.6 Å². The normalized spacial score (nSPS) is 15.7. The molecule has 1 amide bonds. The fourth-order valence-electron chi connectivity index (χ4n) is 3.25. The van der Waals surface area contributed by atoms with Gasteiger partial charge in [-0.05, 0) is 55.5 Å². The average Bonchev–Trinajstić information content (AvgIpc) is 2.68. The van der Waals surface area contributed by atoms with E-state index in [1.807, 2.05) is 36.0 Å². The third-order valence-corrected chi connectivity index (χ3v) is 5.01. The Morgan fingerprint density at radius 1 is 1.08 bits per heavy atom. The van der Waals surface area contributed by atoms with Crippen LogP contribution in [0.2, 0.25) is 0 Å². The summed E-state index contributed by atoms with van der Waals surface area (Å²) in [6, 6.07) is 12.1. The molecule has 3 rings (SSSR count). The second-order valence-corrected chi connectivity index (χ2v) is 6.77. The maximum absolute atomic E-state index is 12.5. The first kappa shape index (κ1) is 17.5. The first-order chi connectivity index (χ1) is 12.2. The molecule has 1 aliphatic rings. The topological polar surface area (TPSA) is 36.2 Å². The number of aromatic nitrogens is 1. The van der Waals surface area contributed by atoms with Gasteiger partial charge in [-0.3, -0.25) is 4.79 Å². The summed E-state index contributed by atoms with van der Waals surface area (Å²) in [4.78, 5) is 14.9. The second kappa shape index (κ2) is 8.15. The van der Waals surface area contributed by atoms with Crippen LogP contribution in [0, 0.1) is 0 Å². The number of carbonyl (C=O) groups excluding carboxylic acids is 1. The number of rotatable bonds is 5. The SMILES string of the molecule is CCc1cc[n+]([C@@H](C)C(=O)Nc2ccc(N3CCCCC3)cc2)cc1. The Morgan fingerprint density at radius 3 is 2.32 bits per heavy atom. The van der Waals surface area contributed by atoms with Gasteiger partial charge in [0.05, 0.1) is 0 Å². The van der Waals surface area contributed by atoms with Crippen LogP contribution < -0.4 is 14.8 Å². The first-order valence-corrected chi connectivity index (χ1v) is 9.33. The predicted octanol–water partition coefficient (Wildman–Crippen LogP) is 3.73. The molecule has 4 heteroatoms. The van der Waals surface area contributed by atoms with E-state index in [-0.39, 0.29) is 11.9 Å². The Hall–Kier alpha value is -2.36. The zero-order valence-electron chi connectivity index (χ0n) is 15.2. The van der Waals surface area contributed by atoms with Crippen LogP contribution in [0.25, 0.3) is 0 Å². The van der Waals surface area contributed by atoms with Gasteiger partial charge in [0, 0.05) is 43.5 Å². The standard InChI is InChI=1S/C21H27N3O/c1-3-18-11-15-23(16-12-18)17(2)21(25)22-19-7-9-20(10-8-19)24-13-5-4-6-14-24/h7-12,15-17H,3-6,13-14H2,1-2H3/p+1/t17-/m0/s1. The van der Waals surface area contributed by atoms with E-state index in [0.717, 1.165) is 25.2 Å². The second-order valence-electron chi connectivity index (χ2n) is 6.77. The van der Waals surface area contributed by atoms with E-state index >= 15 is 0 Å². The van der Waals surface area contributed by atoms with Crippen LogP contribution in [-0.4, -0.2) is 19.0 Å². The Kier molecular flexibility index (Phi) is 5.69. The van der Waals surface area contributed by atoms with E-state index in [2.05, 4.69) is 41.4 Å². The molecule has 0 saturated carbocycles. The third-order valence-electron chi connectivity index (χ3n) is 5.01. The highest BCUT2D eigenvalue weighted by Gasteiger charge is 2.21. The van der Waals surface area contributed by atoms with Crippen molar-refractivity contribution in [1.82, 2.24) is 0 Å². The highest BCUT2D eigenvalue weighted by atomic mass is 16.2.